The Hall–Kier alpha value is -3.07. The average molecular weight is 389 g/mol. The molecule has 0 aliphatic rings. The minimum atomic E-state index is -1.07. The summed E-state index contributed by atoms with van der Waals surface area (Å²) >= 11 is 1.52. The van der Waals surface area contributed by atoms with E-state index in [2.05, 4.69) is 15.5 Å². The van der Waals surface area contributed by atoms with Crippen molar-refractivity contribution in [2.24, 2.45) is 0 Å². The summed E-state index contributed by atoms with van der Waals surface area (Å²) in [5, 5.41) is 10.0. The molecule has 1 atom stereocenters. The summed E-state index contributed by atoms with van der Waals surface area (Å²) < 4.78 is 23.7. The Balaban J connectivity index is 1.47. The second kappa shape index (κ2) is 8.54. The summed E-state index contributed by atoms with van der Waals surface area (Å²) in [5.41, 5.74) is 0.869. The van der Waals surface area contributed by atoms with Crippen molar-refractivity contribution < 1.29 is 23.2 Å². The predicted octanol–water partition coefficient (Wildman–Crippen LogP) is 3.44. The lowest BCUT2D eigenvalue weighted by Gasteiger charge is -2.13. The number of benzene rings is 1. The van der Waals surface area contributed by atoms with Gasteiger partial charge in [0.25, 0.3) is 5.91 Å². The van der Waals surface area contributed by atoms with E-state index in [9.17, 15) is 14.0 Å². The van der Waals surface area contributed by atoms with Gasteiger partial charge in [-0.05, 0) is 30.5 Å². The summed E-state index contributed by atoms with van der Waals surface area (Å²) in [6, 6.07) is 7.60. The van der Waals surface area contributed by atoms with Crippen LogP contribution in [0.5, 0.6) is 0 Å². The van der Waals surface area contributed by atoms with Crippen molar-refractivity contribution in [1.29, 1.82) is 0 Å². The van der Waals surface area contributed by atoms with Crippen molar-refractivity contribution in [3.05, 3.63) is 52.8 Å². The van der Waals surface area contributed by atoms with E-state index in [1.54, 1.807) is 6.07 Å². The van der Waals surface area contributed by atoms with Gasteiger partial charge in [0.2, 0.25) is 11.7 Å². The number of hydrogen-bond acceptors (Lipinski definition) is 7. The molecule has 2 heterocycles. The van der Waals surface area contributed by atoms with Crippen molar-refractivity contribution in [1.82, 2.24) is 10.1 Å². The number of carbonyl (C=O) groups excluding carboxylic acids is 2. The number of ether oxygens (including phenoxy) is 1. The molecule has 7 nitrogen and oxygen atoms in total. The van der Waals surface area contributed by atoms with Crippen LogP contribution < -0.4 is 5.32 Å². The quantitative estimate of drug-likeness (QED) is 0.622. The Morgan fingerprint density at radius 1 is 1.33 bits per heavy atom. The van der Waals surface area contributed by atoms with Gasteiger partial charge in [0.1, 0.15) is 5.82 Å². The molecule has 140 valence electrons. The van der Waals surface area contributed by atoms with Crippen LogP contribution in [0.1, 0.15) is 19.2 Å². The van der Waals surface area contributed by atoms with Gasteiger partial charge in [0.15, 0.2) is 6.10 Å². The molecular weight excluding hydrogens is 373 g/mol. The molecule has 3 aromatic rings. The van der Waals surface area contributed by atoms with Crippen LogP contribution in [0, 0.1) is 5.82 Å². The molecule has 1 unspecified atom stereocenters. The minimum absolute atomic E-state index is 0.0252. The second-order valence-corrected chi connectivity index (χ2v) is 6.40. The van der Waals surface area contributed by atoms with E-state index in [0.29, 0.717) is 11.7 Å². The first-order chi connectivity index (χ1) is 13.0. The van der Waals surface area contributed by atoms with Crippen LogP contribution >= 0.6 is 11.3 Å². The van der Waals surface area contributed by atoms with Crippen molar-refractivity contribution in [3.63, 3.8) is 0 Å². The highest BCUT2D eigenvalue weighted by atomic mass is 32.1. The maximum Gasteiger partial charge on any atom is 0.307 e. The first kappa shape index (κ1) is 18.7. The molecule has 0 saturated carbocycles. The van der Waals surface area contributed by atoms with Gasteiger partial charge in [0, 0.05) is 17.4 Å². The molecule has 0 fully saturated rings. The van der Waals surface area contributed by atoms with Gasteiger partial charge >= 0.3 is 5.97 Å². The van der Waals surface area contributed by atoms with Gasteiger partial charge in [-0.1, -0.05) is 17.3 Å². The van der Waals surface area contributed by atoms with E-state index in [-0.39, 0.29) is 18.5 Å². The zero-order valence-electron chi connectivity index (χ0n) is 14.3. The summed E-state index contributed by atoms with van der Waals surface area (Å²) in [4.78, 5) is 28.1. The van der Waals surface area contributed by atoms with Gasteiger partial charge in [-0.25, -0.2) is 4.39 Å². The Bertz CT molecular complexity index is 926. The fourth-order valence-electron chi connectivity index (χ4n) is 2.18. The Morgan fingerprint density at radius 2 is 2.15 bits per heavy atom. The third kappa shape index (κ3) is 4.98. The van der Waals surface area contributed by atoms with Gasteiger partial charge in [-0.3, -0.25) is 9.59 Å². The fourth-order valence-corrected chi connectivity index (χ4v) is 2.82. The molecule has 2 aromatic heterocycles. The lowest BCUT2D eigenvalue weighted by atomic mass is 10.2. The van der Waals surface area contributed by atoms with Crippen LogP contribution in [-0.2, 0) is 20.7 Å². The molecule has 1 amide bonds. The van der Waals surface area contributed by atoms with Crippen molar-refractivity contribution in [3.8, 4) is 11.4 Å². The molecule has 0 aliphatic carbocycles. The molecule has 0 aliphatic heterocycles. The van der Waals surface area contributed by atoms with E-state index in [1.807, 2.05) is 16.8 Å². The third-order valence-corrected chi connectivity index (χ3v) is 4.28. The standard InChI is InChI=1S/C18H16FN3O4S/c1-11(18(24)20-14-5-3-2-4-13(14)19)25-16(23)7-6-15-21-17(22-26-15)12-8-9-27-10-12/h2-5,8-11H,6-7H2,1H3,(H,20,24). The highest BCUT2D eigenvalue weighted by Gasteiger charge is 2.19. The molecule has 0 bridgehead atoms. The van der Waals surface area contributed by atoms with Gasteiger partial charge in [-0.2, -0.15) is 16.3 Å². The number of anilines is 1. The predicted molar refractivity (Wildman–Crippen MR) is 96.5 cm³/mol. The number of halogens is 1. The summed E-state index contributed by atoms with van der Waals surface area (Å²) in [7, 11) is 0. The highest BCUT2D eigenvalue weighted by Crippen LogP contribution is 2.19. The van der Waals surface area contributed by atoms with E-state index in [4.69, 9.17) is 9.26 Å². The molecule has 0 spiro atoms. The van der Waals surface area contributed by atoms with Crippen LogP contribution in [0.25, 0.3) is 11.4 Å². The number of rotatable bonds is 7. The molecule has 0 radical (unpaired) electrons. The minimum Gasteiger partial charge on any atom is -0.453 e. The normalized spacial score (nSPS) is 11.8. The number of hydrogen-bond donors (Lipinski definition) is 1. The van der Waals surface area contributed by atoms with Crippen molar-refractivity contribution in [2.45, 2.75) is 25.9 Å². The fraction of sp³-hybridized carbons (Fsp3) is 0.222. The van der Waals surface area contributed by atoms with Crippen LogP contribution in [-0.4, -0.2) is 28.1 Å². The van der Waals surface area contributed by atoms with Crippen LogP contribution in [0.3, 0.4) is 0 Å². The Labute approximate surface area is 158 Å². The summed E-state index contributed by atoms with van der Waals surface area (Å²) in [6.45, 7) is 1.41. The van der Waals surface area contributed by atoms with Crippen LogP contribution in [0.2, 0.25) is 0 Å². The van der Waals surface area contributed by atoms with Crippen molar-refractivity contribution >= 4 is 28.9 Å². The molecule has 1 aromatic carbocycles. The Kier molecular flexibility index (Phi) is 5.92. The van der Waals surface area contributed by atoms with E-state index >= 15 is 0 Å². The molecule has 0 saturated heterocycles. The number of aromatic nitrogens is 2. The number of nitrogens with one attached hydrogen (secondary N) is 1. The SMILES string of the molecule is CC(OC(=O)CCc1nc(-c2ccsc2)no1)C(=O)Nc1ccccc1F. The molecule has 9 heteroatoms. The lowest BCUT2D eigenvalue weighted by Crippen LogP contribution is -2.30. The van der Waals surface area contributed by atoms with Gasteiger partial charge in [-0.15, -0.1) is 0 Å². The van der Waals surface area contributed by atoms with E-state index < -0.39 is 23.8 Å². The molecule has 1 N–H and O–H groups in total. The van der Waals surface area contributed by atoms with E-state index in [0.717, 1.165) is 5.56 Å². The Morgan fingerprint density at radius 3 is 2.89 bits per heavy atom. The van der Waals surface area contributed by atoms with Gasteiger partial charge in [0.05, 0.1) is 12.1 Å². The van der Waals surface area contributed by atoms with Crippen molar-refractivity contribution in [2.75, 3.05) is 5.32 Å². The number of esters is 1. The number of para-hydroxylation sites is 1. The topological polar surface area (TPSA) is 94.3 Å². The molecule has 3 rings (SSSR count). The third-order valence-electron chi connectivity index (χ3n) is 3.60. The molecular formula is C18H16FN3O4S. The first-order valence-corrected chi connectivity index (χ1v) is 9.07. The number of nitrogens with zero attached hydrogens (tertiary/aromatic N) is 2. The summed E-state index contributed by atoms with van der Waals surface area (Å²) in [6.07, 6.45) is -0.901. The zero-order valence-corrected chi connectivity index (χ0v) is 15.2. The maximum absolute atomic E-state index is 13.5. The summed E-state index contributed by atoms with van der Waals surface area (Å²) in [5.74, 6) is -1.02. The average Bonchev–Trinajstić information content (AvgIpc) is 3.33. The van der Waals surface area contributed by atoms with Gasteiger partial charge < -0.3 is 14.6 Å². The lowest BCUT2D eigenvalue weighted by molar-refractivity contribution is -0.153. The molecule has 27 heavy (non-hydrogen) atoms. The zero-order chi connectivity index (χ0) is 19.2. The number of aryl methyl sites for hydroxylation is 1. The van der Waals surface area contributed by atoms with Crippen LogP contribution in [0.4, 0.5) is 10.1 Å². The second-order valence-electron chi connectivity index (χ2n) is 5.62. The first-order valence-electron chi connectivity index (χ1n) is 8.13. The number of carbonyl (C=O) groups is 2. The highest BCUT2D eigenvalue weighted by molar-refractivity contribution is 7.08. The van der Waals surface area contributed by atoms with E-state index in [1.165, 1.54) is 36.5 Å². The van der Waals surface area contributed by atoms with Crippen LogP contribution in [0.15, 0.2) is 45.6 Å². The maximum atomic E-state index is 13.5. The monoisotopic (exact) mass is 389 g/mol. The number of amides is 1. The smallest absolute Gasteiger partial charge is 0.307 e. The largest absolute Gasteiger partial charge is 0.453 e. The number of thiophene rings is 1.